The van der Waals surface area contributed by atoms with Crippen molar-refractivity contribution in [3.05, 3.63) is 68.9 Å². The van der Waals surface area contributed by atoms with Crippen LogP contribution in [0.1, 0.15) is 51.6 Å². The number of furan rings is 1. The van der Waals surface area contributed by atoms with Gasteiger partial charge in [-0.15, -0.1) is 0 Å². The Hall–Kier alpha value is -3.31. The van der Waals surface area contributed by atoms with Gasteiger partial charge in [0.2, 0.25) is 0 Å². The van der Waals surface area contributed by atoms with Crippen molar-refractivity contribution in [3.8, 4) is 0 Å². The Labute approximate surface area is 264 Å². The number of nitrogens with zero attached hydrogens (tertiary/aromatic N) is 3. The van der Waals surface area contributed by atoms with Crippen molar-refractivity contribution >= 4 is 69.3 Å². The lowest BCUT2D eigenvalue weighted by molar-refractivity contribution is -0.139. The van der Waals surface area contributed by atoms with Gasteiger partial charge in [-0.2, -0.15) is 4.99 Å². The zero-order valence-electron chi connectivity index (χ0n) is 23.4. The zero-order chi connectivity index (χ0) is 30.7. The molecule has 43 heavy (non-hydrogen) atoms. The molecule has 0 aliphatic carbocycles. The number of halogens is 2. The van der Waals surface area contributed by atoms with Crippen LogP contribution in [-0.2, 0) is 17.8 Å². The second-order valence-corrected chi connectivity index (χ2v) is 11.9. The van der Waals surface area contributed by atoms with E-state index in [9.17, 15) is 19.5 Å². The summed E-state index contributed by atoms with van der Waals surface area (Å²) in [6.07, 6.45) is 3.52. The van der Waals surface area contributed by atoms with Crippen molar-refractivity contribution in [1.29, 1.82) is 0 Å². The summed E-state index contributed by atoms with van der Waals surface area (Å²) in [6.45, 7) is 4.24. The van der Waals surface area contributed by atoms with Gasteiger partial charge in [0.05, 0.1) is 27.0 Å². The lowest BCUT2D eigenvalue weighted by atomic mass is 9.96. The maximum absolute atomic E-state index is 13.3. The summed E-state index contributed by atoms with van der Waals surface area (Å²) < 4.78 is 5.43. The number of hydrogen-bond donors (Lipinski definition) is 3. The monoisotopic (exact) mass is 643 g/mol. The summed E-state index contributed by atoms with van der Waals surface area (Å²) in [5, 5.41) is 19.0. The van der Waals surface area contributed by atoms with Crippen molar-refractivity contribution < 1.29 is 23.9 Å². The smallest absolute Gasteiger partial charge is 0.327 e. The molecule has 1 fully saturated rings. The van der Waals surface area contributed by atoms with Crippen LogP contribution >= 0.6 is 35.4 Å². The van der Waals surface area contributed by atoms with E-state index in [4.69, 9.17) is 39.8 Å². The van der Waals surface area contributed by atoms with Crippen molar-refractivity contribution in [2.45, 2.75) is 45.1 Å². The van der Waals surface area contributed by atoms with Crippen molar-refractivity contribution in [3.63, 3.8) is 0 Å². The molecular weight excluding hydrogens is 613 g/mol. The number of carbonyl (C=O) groups is 3. The Kier molecular flexibility index (Phi) is 9.81. The van der Waals surface area contributed by atoms with Crippen molar-refractivity contribution in [2.24, 2.45) is 10.9 Å². The van der Waals surface area contributed by atoms with Crippen LogP contribution in [0.25, 0.3) is 11.0 Å². The van der Waals surface area contributed by atoms with Gasteiger partial charge >= 0.3 is 5.97 Å². The van der Waals surface area contributed by atoms with E-state index in [0.717, 1.165) is 36.9 Å². The number of amides is 2. The number of carboxylic acid groups (broad SMARTS) is 1. The number of thiocarbonyl (C=S) groups is 1. The highest BCUT2D eigenvalue weighted by molar-refractivity contribution is 7.78. The molecule has 3 atom stereocenters. The molecule has 2 aliphatic heterocycles. The summed E-state index contributed by atoms with van der Waals surface area (Å²) in [5.41, 5.74) is 2.54. The van der Waals surface area contributed by atoms with Gasteiger partial charge in [0, 0.05) is 43.7 Å². The van der Waals surface area contributed by atoms with Gasteiger partial charge in [0.25, 0.3) is 11.8 Å². The first-order valence-electron chi connectivity index (χ1n) is 14.0. The van der Waals surface area contributed by atoms with E-state index in [-0.39, 0.29) is 34.6 Å². The molecule has 0 radical (unpaired) electrons. The third-order valence-electron chi connectivity index (χ3n) is 7.94. The van der Waals surface area contributed by atoms with Gasteiger partial charge in [-0.1, -0.05) is 36.2 Å². The molecule has 13 heteroatoms. The summed E-state index contributed by atoms with van der Waals surface area (Å²) in [6, 6.07) is 7.46. The number of carbonyl (C=O) groups excluding carboxylic acids is 2. The fourth-order valence-electron chi connectivity index (χ4n) is 5.71. The number of carboxylic acids is 1. The van der Waals surface area contributed by atoms with Gasteiger partial charge in [-0.05, 0) is 72.8 Å². The minimum atomic E-state index is -1.29. The zero-order valence-corrected chi connectivity index (χ0v) is 25.8. The Bertz CT molecular complexity index is 1610. The fraction of sp³-hybridized carbons (Fsp3) is 0.400. The van der Waals surface area contributed by atoms with E-state index in [0.29, 0.717) is 35.6 Å². The van der Waals surface area contributed by atoms with Crippen molar-refractivity contribution in [1.82, 2.24) is 20.4 Å². The number of rotatable bonds is 9. The number of hydrogen-bond acceptors (Lipinski definition) is 8. The van der Waals surface area contributed by atoms with E-state index >= 15 is 0 Å². The van der Waals surface area contributed by atoms with Crippen molar-refractivity contribution in [2.75, 3.05) is 26.2 Å². The second-order valence-electron chi connectivity index (χ2n) is 10.9. The predicted octanol–water partition coefficient (Wildman–Crippen LogP) is 4.83. The highest BCUT2D eigenvalue weighted by Gasteiger charge is 2.31. The standard InChI is InChI=1S/C30H31Cl2N5O5S/c1-17-3-2-8-37(14-17)30(34-16-43)33-13-23(29(40)41)35-27(38)25-22(31)11-20-15-36(9-6-21(20)26(25)32)28(39)19-5-4-18-7-10-42-24(18)12-19/h4-5,7,10-12,17,23,30,33H,2-3,6,8-9,13-15H2,1H3,(H,35,38)(H,40,41)/t17-,23+,30?/m1/s1. The van der Waals surface area contributed by atoms with Gasteiger partial charge < -0.3 is 19.7 Å². The third-order valence-corrected chi connectivity index (χ3v) is 8.76. The Morgan fingerprint density at radius 1 is 1.23 bits per heavy atom. The SMILES string of the molecule is C[C@@H]1CCCN(C(N=C=S)NC[C@H](NC(=O)c2c(Cl)cc3c(c2Cl)CCN(C(=O)c2ccc4ccoc4c2)C3)C(=O)O)C1. The molecule has 3 aromatic rings. The molecule has 0 bridgehead atoms. The molecule has 2 aliphatic rings. The average molecular weight is 645 g/mol. The predicted molar refractivity (Wildman–Crippen MR) is 167 cm³/mol. The van der Waals surface area contributed by atoms with E-state index in [1.54, 1.807) is 29.4 Å². The van der Waals surface area contributed by atoms with Crippen LogP contribution in [0, 0.1) is 5.92 Å². The first kappa shape index (κ1) is 31.1. The van der Waals surface area contributed by atoms with Gasteiger partial charge in [0.1, 0.15) is 11.6 Å². The Morgan fingerprint density at radius 2 is 2.05 bits per heavy atom. The van der Waals surface area contributed by atoms with E-state index < -0.39 is 24.2 Å². The maximum Gasteiger partial charge on any atom is 0.327 e. The van der Waals surface area contributed by atoms with Gasteiger partial charge in [-0.25, -0.2) is 4.79 Å². The Balaban J connectivity index is 1.28. The number of benzene rings is 2. The molecule has 1 aromatic heterocycles. The van der Waals surface area contributed by atoms with Gasteiger partial charge in [0.15, 0.2) is 6.29 Å². The normalized spacial score (nSPS) is 18.4. The number of isothiocyanates is 1. The average Bonchev–Trinajstić information content (AvgIpc) is 3.46. The van der Waals surface area contributed by atoms with E-state index in [2.05, 4.69) is 32.6 Å². The van der Waals surface area contributed by atoms with E-state index in [1.807, 2.05) is 12.1 Å². The molecule has 3 N–H and O–H groups in total. The molecule has 0 saturated carbocycles. The van der Waals surface area contributed by atoms with Crippen LogP contribution in [0.5, 0.6) is 0 Å². The van der Waals surface area contributed by atoms with Crippen LogP contribution < -0.4 is 10.6 Å². The molecule has 0 spiro atoms. The van der Waals surface area contributed by atoms with Crippen LogP contribution in [0.4, 0.5) is 0 Å². The third kappa shape index (κ3) is 6.93. The number of aliphatic carboxylic acids is 1. The molecule has 5 rings (SSSR count). The highest BCUT2D eigenvalue weighted by atomic mass is 35.5. The number of likely N-dealkylation sites (tertiary alicyclic amines) is 1. The lowest BCUT2D eigenvalue weighted by Crippen LogP contribution is -2.54. The molecular formula is C30H31Cl2N5O5S. The van der Waals surface area contributed by atoms with Crippen LogP contribution in [0.15, 0.2) is 46.0 Å². The molecule has 10 nitrogen and oxygen atoms in total. The number of aliphatic imine (C=N–C) groups is 1. The number of piperidine rings is 1. The first-order chi connectivity index (χ1) is 20.7. The number of nitrogens with one attached hydrogen (secondary N) is 2. The molecule has 1 saturated heterocycles. The maximum atomic E-state index is 13.3. The molecule has 2 aromatic carbocycles. The topological polar surface area (TPSA) is 127 Å². The first-order valence-corrected chi connectivity index (χ1v) is 15.2. The molecule has 2 amide bonds. The summed E-state index contributed by atoms with van der Waals surface area (Å²) in [4.78, 5) is 46.6. The summed E-state index contributed by atoms with van der Waals surface area (Å²) >= 11 is 18.1. The fourth-order valence-corrected chi connectivity index (χ4v) is 6.58. The highest BCUT2D eigenvalue weighted by Crippen LogP contribution is 2.35. The largest absolute Gasteiger partial charge is 0.480 e. The molecule has 1 unspecified atom stereocenters. The van der Waals surface area contributed by atoms with Crippen LogP contribution in [-0.4, -0.2) is 76.4 Å². The summed E-state index contributed by atoms with van der Waals surface area (Å²) in [5.74, 6) is -1.63. The van der Waals surface area contributed by atoms with Crippen LogP contribution in [0.2, 0.25) is 10.0 Å². The van der Waals surface area contributed by atoms with E-state index in [1.165, 1.54) is 0 Å². The quantitative estimate of drug-likeness (QED) is 0.224. The Morgan fingerprint density at radius 3 is 2.79 bits per heavy atom. The minimum absolute atomic E-state index is 0.00491. The van der Waals surface area contributed by atoms with Crippen LogP contribution in [0.3, 0.4) is 0 Å². The minimum Gasteiger partial charge on any atom is -0.480 e. The molecule has 3 heterocycles. The van der Waals surface area contributed by atoms with Gasteiger partial charge in [-0.3, -0.25) is 19.8 Å². The lowest BCUT2D eigenvalue weighted by Gasteiger charge is -2.35. The second kappa shape index (κ2) is 13.5. The number of fused-ring (bicyclic) bond motifs is 2. The summed E-state index contributed by atoms with van der Waals surface area (Å²) in [7, 11) is 0. The molecule has 226 valence electrons.